The second-order valence-corrected chi connectivity index (χ2v) is 18.0. The van der Waals surface area contributed by atoms with Gasteiger partial charge in [0.15, 0.2) is 0 Å². The van der Waals surface area contributed by atoms with Crippen LogP contribution in [-0.4, -0.2) is 0 Å². The maximum absolute atomic E-state index is 2.45. The molecule has 0 bridgehead atoms. The van der Waals surface area contributed by atoms with Crippen LogP contribution in [0, 0.1) is 0 Å². The van der Waals surface area contributed by atoms with Gasteiger partial charge in [0.05, 0.1) is 0 Å². The summed E-state index contributed by atoms with van der Waals surface area (Å²) in [6.07, 6.45) is 0. The molecule has 2 heterocycles. The summed E-state index contributed by atoms with van der Waals surface area (Å²) in [5.41, 5.74) is 10.2. The second kappa shape index (κ2) is 13.2. The van der Waals surface area contributed by atoms with Crippen LogP contribution in [0.2, 0.25) is 0 Å². The predicted molar refractivity (Wildman–Crippen MR) is 264 cm³/mol. The summed E-state index contributed by atoms with van der Waals surface area (Å²) in [6.45, 7) is 0. The van der Waals surface area contributed by atoms with Gasteiger partial charge in [-0.05, 0) is 124 Å². The van der Waals surface area contributed by atoms with E-state index in [9.17, 15) is 0 Å². The first-order valence-electron chi connectivity index (χ1n) is 20.6. The summed E-state index contributed by atoms with van der Waals surface area (Å²) in [5, 5.41) is 15.5. The van der Waals surface area contributed by atoms with Crippen LogP contribution < -0.4 is 0 Å². The van der Waals surface area contributed by atoms with Crippen LogP contribution in [0.15, 0.2) is 206 Å². The topological polar surface area (TPSA) is 0 Å². The maximum atomic E-state index is 2.45. The highest BCUT2D eigenvalue weighted by molar-refractivity contribution is 7.26. The van der Waals surface area contributed by atoms with Crippen molar-refractivity contribution in [1.29, 1.82) is 0 Å². The molecule has 0 radical (unpaired) electrons. The molecule has 2 heteroatoms. The summed E-state index contributed by atoms with van der Waals surface area (Å²) in [6, 6.07) is 76.9. The Morgan fingerprint density at radius 1 is 0.183 bits per heavy atom. The van der Waals surface area contributed by atoms with Gasteiger partial charge in [0.1, 0.15) is 0 Å². The molecule has 0 aliphatic rings. The van der Waals surface area contributed by atoms with Crippen LogP contribution in [0.3, 0.4) is 0 Å². The van der Waals surface area contributed by atoms with Crippen molar-refractivity contribution in [3.05, 3.63) is 206 Å². The first kappa shape index (κ1) is 33.8. The smallest absolute Gasteiger partial charge is 0.0361 e. The lowest BCUT2D eigenvalue weighted by atomic mass is 9.85. The molecule has 11 aromatic carbocycles. The van der Waals surface area contributed by atoms with Gasteiger partial charge in [-0.2, -0.15) is 0 Å². The van der Waals surface area contributed by atoms with Crippen molar-refractivity contribution in [1.82, 2.24) is 0 Å². The van der Waals surface area contributed by atoms with Crippen molar-refractivity contribution in [3.8, 4) is 44.5 Å². The standard InChI is InChI=1S/C58H34S2/c1-2-14-35(15-3-1)55-41-17-4-6-19-43(41)58(44-20-7-5-18-42(44)55)38-26-29-40-50-33-37(28-31-53(50)60-54(40)34-38)57-47-23-10-8-21-45(47)56(46-22-9-11-24-48(46)57)36-27-30-52-49(32-36)39-16-12-13-25-51(39)59-52/h1-34H. The van der Waals surface area contributed by atoms with Gasteiger partial charge in [0, 0.05) is 40.3 Å². The molecule has 0 aliphatic heterocycles. The van der Waals surface area contributed by atoms with E-state index in [-0.39, 0.29) is 0 Å². The minimum atomic E-state index is 1.25. The van der Waals surface area contributed by atoms with E-state index < -0.39 is 0 Å². The molecule has 60 heavy (non-hydrogen) atoms. The van der Waals surface area contributed by atoms with Crippen LogP contribution >= 0.6 is 22.7 Å². The Morgan fingerprint density at radius 2 is 0.500 bits per heavy atom. The largest absolute Gasteiger partial charge is 0.135 e. The molecule has 278 valence electrons. The fourth-order valence-electron chi connectivity index (χ4n) is 10.1. The van der Waals surface area contributed by atoms with E-state index in [0.29, 0.717) is 0 Å². The minimum absolute atomic E-state index is 1.25. The number of hydrogen-bond donors (Lipinski definition) is 0. The fraction of sp³-hybridized carbons (Fsp3) is 0. The van der Waals surface area contributed by atoms with E-state index in [1.54, 1.807) is 0 Å². The molecular formula is C58H34S2. The molecule has 0 N–H and O–H groups in total. The van der Waals surface area contributed by atoms with E-state index in [0.717, 1.165) is 0 Å². The van der Waals surface area contributed by atoms with Gasteiger partial charge in [-0.15, -0.1) is 22.7 Å². The van der Waals surface area contributed by atoms with Gasteiger partial charge < -0.3 is 0 Å². The lowest BCUT2D eigenvalue weighted by molar-refractivity contribution is 1.66. The molecule has 0 spiro atoms. The molecule has 0 atom stereocenters. The van der Waals surface area contributed by atoms with Crippen LogP contribution in [0.1, 0.15) is 0 Å². The molecule has 13 aromatic rings. The lowest BCUT2D eigenvalue weighted by Gasteiger charge is -2.18. The zero-order valence-electron chi connectivity index (χ0n) is 32.4. The van der Waals surface area contributed by atoms with Crippen LogP contribution in [0.5, 0.6) is 0 Å². The van der Waals surface area contributed by atoms with Crippen LogP contribution in [0.25, 0.3) is 128 Å². The van der Waals surface area contributed by atoms with Crippen molar-refractivity contribution < 1.29 is 0 Å². The van der Waals surface area contributed by atoms with Crippen molar-refractivity contribution in [2.45, 2.75) is 0 Å². The summed E-state index contributed by atoms with van der Waals surface area (Å²) in [5.74, 6) is 0. The van der Waals surface area contributed by atoms with Gasteiger partial charge in [0.25, 0.3) is 0 Å². The lowest BCUT2D eigenvalue weighted by Crippen LogP contribution is -1.91. The van der Waals surface area contributed by atoms with E-state index >= 15 is 0 Å². The maximum Gasteiger partial charge on any atom is 0.0361 e. The van der Waals surface area contributed by atoms with Gasteiger partial charge in [-0.1, -0.05) is 170 Å². The summed E-state index contributed by atoms with van der Waals surface area (Å²) < 4.78 is 5.28. The highest BCUT2D eigenvalue weighted by atomic mass is 32.1. The normalized spacial score (nSPS) is 12.0. The van der Waals surface area contributed by atoms with Crippen LogP contribution in [0.4, 0.5) is 0 Å². The van der Waals surface area contributed by atoms with E-state index in [4.69, 9.17) is 0 Å². The number of thiophene rings is 2. The zero-order chi connectivity index (χ0) is 39.3. The van der Waals surface area contributed by atoms with Gasteiger partial charge in [0.2, 0.25) is 0 Å². The van der Waals surface area contributed by atoms with E-state index in [1.165, 1.54) is 128 Å². The third kappa shape index (κ3) is 5.02. The summed E-state index contributed by atoms with van der Waals surface area (Å²) in [7, 11) is 0. The Bertz CT molecular complexity index is 3770. The third-order valence-electron chi connectivity index (χ3n) is 12.6. The Kier molecular flexibility index (Phi) is 7.45. The van der Waals surface area contributed by atoms with Crippen molar-refractivity contribution in [2.75, 3.05) is 0 Å². The quantitative estimate of drug-likeness (QED) is 0.156. The van der Waals surface area contributed by atoms with Crippen molar-refractivity contribution in [3.63, 3.8) is 0 Å². The Hall–Kier alpha value is -7.10. The Morgan fingerprint density at radius 3 is 0.967 bits per heavy atom. The monoisotopic (exact) mass is 794 g/mol. The molecule has 0 fully saturated rings. The summed E-state index contributed by atoms with van der Waals surface area (Å²) >= 11 is 3.77. The molecule has 0 aliphatic carbocycles. The van der Waals surface area contributed by atoms with E-state index in [1.807, 2.05) is 22.7 Å². The Labute approximate surface area is 354 Å². The van der Waals surface area contributed by atoms with Crippen LogP contribution in [-0.2, 0) is 0 Å². The number of rotatable bonds is 4. The number of benzene rings is 11. The van der Waals surface area contributed by atoms with Gasteiger partial charge >= 0.3 is 0 Å². The highest BCUT2D eigenvalue weighted by Gasteiger charge is 2.20. The molecule has 0 saturated heterocycles. The molecule has 0 nitrogen and oxygen atoms in total. The fourth-order valence-corrected chi connectivity index (χ4v) is 12.3. The average Bonchev–Trinajstić information content (AvgIpc) is 3.87. The van der Waals surface area contributed by atoms with Gasteiger partial charge in [-0.25, -0.2) is 0 Å². The second-order valence-electron chi connectivity index (χ2n) is 15.9. The molecular weight excluding hydrogens is 761 g/mol. The number of hydrogen-bond acceptors (Lipinski definition) is 2. The molecule has 13 rings (SSSR count). The zero-order valence-corrected chi connectivity index (χ0v) is 34.1. The van der Waals surface area contributed by atoms with Crippen molar-refractivity contribution >= 4 is 106 Å². The van der Waals surface area contributed by atoms with Gasteiger partial charge in [-0.3, -0.25) is 0 Å². The molecule has 2 aromatic heterocycles. The average molecular weight is 795 g/mol. The first-order valence-corrected chi connectivity index (χ1v) is 22.2. The minimum Gasteiger partial charge on any atom is -0.135 e. The summed E-state index contributed by atoms with van der Waals surface area (Å²) in [4.78, 5) is 0. The van der Waals surface area contributed by atoms with E-state index in [2.05, 4.69) is 206 Å². The first-order chi connectivity index (χ1) is 29.8. The molecule has 0 saturated carbocycles. The predicted octanol–water partition coefficient (Wildman–Crippen LogP) is 17.7. The van der Waals surface area contributed by atoms with Crippen molar-refractivity contribution in [2.24, 2.45) is 0 Å². The molecule has 0 amide bonds. The highest BCUT2D eigenvalue weighted by Crippen LogP contribution is 2.48. The Balaban J connectivity index is 1.00. The number of fused-ring (bicyclic) bond motifs is 10. The molecule has 0 unspecified atom stereocenters. The SMILES string of the molecule is c1ccc(-c2c3ccccc3c(-c3ccc4c(c3)sc3ccc(-c5c6ccccc6c(-c6ccc7sc8ccccc8c7c6)c6ccccc56)cc34)c3ccccc23)cc1. The third-order valence-corrected chi connectivity index (χ3v) is 14.9.